The van der Waals surface area contributed by atoms with E-state index < -0.39 is 6.10 Å². The Bertz CT molecular complexity index is 972. The minimum atomic E-state index is -0.612. The fraction of sp³-hybridized carbons (Fsp3) is 0.273. The van der Waals surface area contributed by atoms with Gasteiger partial charge < -0.3 is 21.1 Å². The maximum Gasteiger partial charge on any atom is 0.221 e. The molecule has 1 unspecified atom stereocenters. The zero-order valence-corrected chi connectivity index (χ0v) is 20.2. The van der Waals surface area contributed by atoms with Gasteiger partial charge in [-0.25, -0.2) is 4.99 Å². The average Bonchev–Trinajstić information content (AvgIpc) is 3.14. The minimum absolute atomic E-state index is 0. The van der Waals surface area contributed by atoms with Crippen LogP contribution in [0.5, 0.6) is 0 Å². The van der Waals surface area contributed by atoms with E-state index in [1.54, 1.807) is 11.3 Å². The van der Waals surface area contributed by atoms with E-state index in [9.17, 15) is 9.90 Å². The summed E-state index contributed by atoms with van der Waals surface area (Å²) in [6.07, 6.45) is -0.612. The zero-order chi connectivity index (χ0) is 20.6. The molecule has 1 amide bonds. The first-order valence-electron chi connectivity index (χ1n) is 9.60. The smallest absolute Gasteiger partial charge is 0.221 e. The molecule has 6 nitrogen and oxygen atoms in total. The van der Waals surface area contributed by atoms with Gasteiger partial charge in [0.05, 0.1) is 6.54 Å². The van der Waals surface area contributed by atoms with Crippen LogP contribution in [-0.2, 0) is 11.3 Å². The van der Waals surface area contributed by atoms with Crippen molar-refractivity contribution in [2.75, 3.05) is 18.4 Å². The fourth-order valence-electron chi connectivity index (χ4n) is 2.92. The van der Waals surface area contributed by atoms with Crippen molar-refractivity contribution in [3.63, 3.8) is 0 Å². The highest BCUT2D eigenvalue weighted by Crippen LogP contribution is 2.29. The van der Waals surface area contributed by atoms with Gasteiger partial charge in [0.1, 0.15) is 6.10 Å². The molecular weight excluding hydrogens is 511 g/mol. The van der Waals surface area contributed by atoms with Crippen molar-refractivity contribution in [3.05, 3.63) is 65.0 Å². The summed E-state index contributed by atoms with van der Waals surface area (Å²) in [4.78, 5) is 16.7. The van der Waals surface area contributed by atoms with Crippen LogP contribution < -0.4 is 16.0 Å². The van der Waals surface area contributed by atoms with Crippen LogP contribution in [0.4, 0.5) is 5.69 Å². The van der Waals surface area contributed by atoms with Crippen LogP contribution in [-0.4, -0.2) is 30.1 Å². The normalized spacial score (nSPS) is 12.2. The quantitative estimate of drug-likeness (QED) is 0.206. The number of aliphatic hydroxyl groups is 1. The van der Waals surface area contributed by atoms with Gasteiger partial charge >= 0.3 is 0 Å². The second-order valence-corrected chi connectivity index (χ2v) is 7.78. The van der Waals surface area contributed by atoms with E-state index in [1.165, 1.54) is 11.6 Å². The molecule has 8 heteroatoms. The highest BCUT2D eigenvalue weighted by atomic mass is 127. The van der Waals surface area contributed by atoms with E-state index >= 15 is 0 Å². The number of guanidine groups is 1. The molecule has 30 heavy (non-hydrogen) atoms. The van der Waals surface area contributed by atoms with Crippen molar-refractivity contribution >= 4 is 63.0 Å². The Morgan fingerprint density at radius 2 is 1.93 bits per heavy atom. The Labute approximate surface area is 197 Å². The third-order valence-corrected chi connectivity index (χ3v) is 5.46. The van der Waals surface area contributed by atoms with Crippen LogP contribution in [0.3, 0.4) is 0 Å². The van der Waals surface area contributed by atoms with E-state index in [0.29, 0.717) is 19.0 Å². The number of carbonyl (C=O) groups is 1. The lowest BCUT2D eigenvalue weighted by molar-refractivity contribution is -0.114. The monoisotopic (exact) mass is 538 g/mol. The van der Waals surface area contributed by atoms with Gasteiger partial charge in [-0.1, -0.05) is 30.3 Å². The number of amides is 1. The van der Waals surface area contributed by atoms with Crippen LogP contribution >= 0.6 is 35.3 Å². The lowest BCUT2D eigenvalue weighted by atomic mass is 10.2. The number of nitrogens with one attached hydrogen (secondary N) is 3. The van der Waals surface area contributed by atoms with Crippen LogP contribution in [0, 0.1) is 0 Å². The SMILES string of the molecule is CCNC(=NCc1cccc(NC(C)=O)c1)NCC(O)c1cc2ccccc2s1.I. The standard InChI is InChI=1S/C22H26N4O2S.HI/c1-3-23-22(24-13-16-7-6-9-18(11-16)26-15(2)27)25-14-19(28)21-12-17-8-4-5-10-20(17)29-21;/h4-12,19,28H,3,13-14H2,1-2H3,(H,26,27)(H2,23,24,25);1H. The molecule has 0 bridgehead atoms. The third-order valence-electron chi connectivity index (χ3n) is 4.25. The van der Waals surface area contributed by atoms with Crippen LogP contribution in [0.1, 0.15) is 30.4 Å². The number of aliphatic hydroxyl groups excluding tert-OH is 1. The highest BCUT2D eigenvalue weighted by molar-refractivity contribution is 14.0. The van der Waals surface area contributed by atoms with Crippen LogP contribution in [0.15, 0.2) is 59.6 Å². The molecule has 0 saturated carbocycles. The number of hydrogen-bond acceptors (Lipinski definition) is 4. The molecule has 3 aromatic rings. The van der Waals surface area contributed by atoms with Crippen LogP contribution in [0.2, 0.25) is 0 Å². The number of hydrogen-bond donors (Lipinski definition) is 4. The summed E-state index contributed by atoms with van der Waals surface area (Å²) in [7, 11) is 0. The molecule has 0 saturated heterocycles. The molecule has 1 atom stereocenters. The lowest BCUT2D eigenvalue weighted by Crippen LogP contribution is -2.39. The molecule has 0 aliphatic heterocycles. The number of thiophene rings is 1. The Morgan fingerprint density at radius 1 is 1.13 bits per heavy atom. The Kier molecular flexibility index (Phi) is 9.54. The molecule has 0 aliphatic carbocycles. The third kappa shape index (κ3) is 6.96. The predicted octanol–water partition coefficient (Wildman–Crippen LogP) is 4.27. The van der Waals surface area contributed by atoms with Crippen molar-refractivity contribution < 1.29 is 9.90 Å². The van der Waals surface area contributed by atoms with Crippen molar-refractivity contribution in [2.24, 2.45) is 4.99 Å². The summed E-state index contributed by atoms with van der Waals surface area (Å²) >= 11 is 1.60. The molecule has 4 N–H and O–H groups in total. The second-order valence-electron chi connectivity index (χ2n) is 6.66. The number of halogens is 1. The van der Waals surface area contributed by atoms with Crippen molar-refractivity contribution in [1.82, 2.24) is 10.6 Å². The second kappa shape index (κ2) is 11.9. The molecule has 2 aromatic carbocycles. The molecule has 160 valence electrons. The van der Waals surface area contributed by atoms with Gasteiger partial charge in [-0.15, -0.1) is 35.3 Å². The highest BCUT2D eigenvalue weighted by Gasteiger charge is 2.12. The number of aliphatic imine (C=N–C) groups is 1. The summed E-state index contributed by atoms with van der Waals surface area (Å²) in [6, 6.07) is 17.8. The van der Waals surface area contributed by atoms with Gasteiger partial charge in [-0.3, -0.25) is 4.79 Å². The number of carbonyl (C=O) groups excluding carboxylic acids is 1. The Hall–Kier alpha value is -2.17. The summed E-state index contributed by atoms with van der Waals surface area (Å²) in [5.74, 6) is 0.536. The summed E-state index contributed by atoms with van der Waals surface area (Å²) < 4.78 is 1.17. The first-order chi connectivity index (χ1) is 14.0. The topological polar surface area (TPSA) is 85.8 Å². The number of anilines is 1. The number of nitrogens with zero attached hydrogens (tertiary/aromatic N) is 1. The predicted molar refractivity (Wildman–Crippen MR) is 136 cm³/mol. The van der Waals surface area contributed by atoms with Gasteiger partial charge in [0.2, 0.25) is 5.91 Å². The number of rotatable bonds is 7. The van der Waals surface area contributed by atoms with Crippen molar-refractivity contribution in [1.29, 1.82) is 0 Å². The molecule has 0 radical (unpaired) electrons. The lowest BCUT2D eigenvalue weighted by Gasteiger charge is -2.14. The summed E-state index contributed by atoms with van der Waals surface area (Å²) in [5, 5.41) is 20.9. The van der Waals surface area contributed by atoms with E-state index in [1.807, 2.05) is 49.4 Å². The molecule has 1 aromatic heterocycles. The summed E-state index contributed by atoms with van der Waals surface area (Å²) in [6.45, 7) is 5.03. The van der Waals surface area contributed by atoms with Crippen LogP contribution in [0.25, 0.3) is 10.1 Å². The molecule has 1 heterocycles. The molecule has 3 rings (SSSR count). The van der Waals surface area contributed by atoms with Gasteiger partial charge in [0, 0.05) is 35.3 Å². The Balaban J connectivity index is 0.00000320. The first kappa shape index (κ1) is 24.1. The first-order valence-corrected chi connectivity index (χ1v) is 10.4. The fourth-order valence-corrected chi connectivity index (χ4v) is 3.97. The Morgan fingerprint density at radius 3 is 2.67 bits per heavy atom. The van der Waals surface area contributed by atoms with E-state index in [4.69, 9.17) is 0 Å². The molecular formula is C22H27IN4O2S. The van der Waals surface area contributed by atoms with E-state index in [0.717, 1.165) is 28.1 Å². The number of benzene rings is 2. The molecule has 0 spiro atoms. The number of fused-ring (bicyclic) bond motifs is 1. The zero-order valence-electron chi connectivity index (χ0n) is 17.0. The maximum atomic E-state index is 11.2. The van der Waals surface area contributed by atoms with Gasteiger partial charge in [0.15, 0.2) is 5.96 Å². The van der Waals surface area contributed by atoms with E-state index in [-0.39, 0.29) is 29.9 Å². The van der Waals surface area contributed by atoms with E-state index in [2.05, 4.69) is 33.1 Å². The van der Waals surface area contributed by atoms with Gasteiger partial charge in [-0.2, -0.15) is 0 Å². The molecule has 0 aliphatic rings. The average molecular weight is 538 g/mol. The van der Waals surface area contributed by atoms with Crippen molar-refractivity contribution in [2.45, 2.75) is 26.5 Å². The maximum absolute atomic E-state index is 11.2. The largest absolute Gasteiger partial charge is 0.386 e. The summed E-state index contributed by atoms with van der Waals surface area (Å²) in [5.41, 5.74) is 1.74. The van der Waals surface area contributed by atoms with Gasteiger partial charge in [-0.05, 0) is 42.1 Å². The van der Waals surface area contributed by atoms with Gasteiger partial charge in [0.25, 0.3) is 0 Å². The molecule has 0 fully saturated rings. The van der Waals surface area contributed by atoms with Crippen molar-refractivity contribution in [3.8, 4) is 0 Å². The minimum Gasteiger partial charge on any atom is -0.386 e.